The van der Waals surface area contributed by atoms with Gasteiger partial charge in [-0.1, -0.05) is 29.8 Å². The van der Waals surface area contributed by atoms with Crippen molar-refractivity contribution in [3.05, 3.63) is 52.9 Å². The summed E-state index contributed by atoms with van der Waals surface area (Å²) in [6, 6.07) is 4.49. The third-order valence-electron chi connectivity index (χ3n) is 5.64. The van der Waals surface area contributed by atoms with Crippen molar-refractivity contribution in [1.82, 2.24) is 10.3 Å². The number of carbonyl (C=O) groups is 2. The molecule has 1 saturated heterocycles. The summed E-state index contributed by atoms with van der Waals surface area (Å²) in [5.74, 6) is 0.297. The highest BCUT2D eigenvalue weighted by Gasteiger charge is 2.27. The molecule has 0 spiro atoms. The predicted molar refractivity (Wildman–Crippen MR) is 137 cm³/mol. The fourth-order valence-electron chi connectivity index (χ4n) is 3.79. The van der Waals surface area contributed by atoms with Crippen LogP contribution in [0.2, 0.25) is 10.0 Å². The van der Waals surface area contributed by atoms with Gasteiger partial charge in [-0.2, -0.15) is 0 Å². The molecule has 2 atom stereocenters. The third kappa shape index (κ3) is 5.35. The quantitative estimate of drug-likeness (QED) is 0.366. The number of hydrogen-bond donors (Lipinski definition) is 3. The minimum Gasteiger partial charge on any atom is -0.495 e. The Morgan fingerprint density at radius 3 is 2.53 bits per heavy atom. The topological polar surface area (TPSA) is 124 Å². The van der Waals surface area contributed by atoms with E-state index < -0.39 is 5.91 Å². The van der Waals surface area contributed by atoms with Gasteiger partial charge in [0, 0.05) is 18.1 Å². The van der Waals surface area contributed by atoms with Crippen LogP contribution in [0.25, 0.3) is 11.0 Å². The van der Waals surface area contributed by atoms with Crippen molar-refractivity contribution < 1.29 is 28.2 Å². The lowest BCUT2D eigenvalue weighted by Gasteiger charge is -2.32. The Balaban J connectivity index is 1.54. The second-order valence-corrected chi connectivity index (χ2v) is 8.65. The highest BCUT2D eigenvalue weighted by Crippen LogP contribution is 2.44. The lowest BCUT2D eigenvalue weighted by Crippen LogP contribution is -2.52. The summed E-state index contributed by atoms with van der Waals surface area (Å²) in [6.45, 7) is 4.43. The second kappa shape index (κ2) is 11.1. The molecule has 36 heavy (non-hydrogen) atoms. The number of hydrogen-bond acceptors (Lipinski definition) is 8. The van der Waals surface area contributed by atoms with E-state index in [1.165, 1.54) is 32.6 Å². The van der Waals surface area contributed by atoms with E-state index in [0.717, 1.165) is 0 Å². The number of nitrogens with one attached hydrogen (secondary N) is 3. The fraction of sp³-hybridized carbons (Fsp3) is 0.292. The Kier molecular flexibility index (Phi) is 7.88. The molecular formula is C24H24Cl2N4O6. The van der Waals surface area contributed by atoms with E-state index in [4.69, 9.17) is 41.8 Å². The van der Waals surface area contributed by atoms with Gasteiger partial charge in [0.2, 0.25) is 5.91 Å². The summed E-state index contributed by atoms with van der Waals surface area (Å²) in [7, 11) is 2.88. The van der Waals surface area contributed by atoms with Crippen LogP contribution in [0.3, 0.4) is 0 Å². The minimum absolute atomic E-state index is 0.0231. The van der Waals surface area contributed by atoms with Gasteiger partial charge < -0.3 is 34.6 Å². The van der Waals surface area contributed by atoms with Crippen LogP contribution in [0.4, 0.5) is 11.5 Å². The molecule has 0 radical (unpaired) electrons. The molecule has 1 aromatic carbocycles. The molecule has 4 rings (SSSR count). The Labute approximate surface area is 216 Å². The van der Waals surface area contributed by atoms with Crippen LogP contribution in [-0.2, 0) is 9.53 Å². The lowest BCUT2D eigenvalue weighted by atomic mass is 10.0. The van der Waals surface area contributed by atoms with Gasteiger partial charge in [-0.25, -0.2) is 4.98 Å². The van der Waals surface area contributed by atoms with E-state index >= 15 is 0 Å². The summed E-state index contributed by atoms with van der Waals surface area (Å²) in [6.07, 6.45) is 3.39. The highest BCUT2D eigenvalue weighted by atomic mass is 35.5. The predicted octanol–water partition coefficient (Wildman–Crippen LogP) is 4.28. The van der Waals surface area contributed by atoms with Gasteiger partial charge in [-0.3, -0.25) is 9.59 Å². The van der Waals surface area contributed by atoms with Gasteiger partial charge in [0.05, 0.1) is 44.8 Å². The zero-order chi connectivity index (χ0) is 25.8. The molecule has 2 amide bonds. The number of amides is 2. The SMILES string of the molecule is C=CC(=O)NC1CCOCC1Nc1cc2cc(C(=O)Nc3c(Cl)c(OC)cc(OC)c3Cl)oc2cn1. The van der Waals surface area contributed by atoms with Crippen molar-refractivity contribution in [2.24, 2.45) is 0 Å². The smallest absolute Gasteiger partial charge is 0.291 e. The molecule has 0 aliphatic carbocycles. The summed E-state index contributed by atoms with van der Waals surface area (Å²) in [4.78, 5) is 29.1. The number of rotatable bonds is 8. The van der Waals surface area contributed by atoms with Gasteiger partial charge in [0.1, 0.15) is 27.4 Å². The maximum atomic E-state index is 13.0. The summed E-state index contributed by atoms with van der Waals surface area (Å²) in [5, 5.41) is 9.72. The van der Waals surface area contributed by atoms with Crippen LogP contribution >= 0.6 is 23.2 Å². The third-order valence-corrected chi connectivity index (χ3v) is 6.39. The standard InChI is InChI=1S/C24H24Cl2N4O6/c1-4-20(31)29-13-5-6-35-11-14(13)28-19-8-12-7-17(36-18(12)10-27-19)24(32)30-23-21(25)15(33-2)9-16(34-3)22(23)26/h4,7-10,13-14H,1,5-6,11H2,2-3H3,(H,27,28)(H,29,31)(H,30,32). The number of carbonyl (C=O) groups excluding carboxylic acids is 2. The van der Waals surface area contributed by atoms with Crippen LogP contribution in [0.5, 0.6) is 11.5 Å². The average Bonchev–Trinajstić information content (AvgIpc) is 3.31. The molecule has 1 aliphatic heterocycles. The number of nitrogens with zero attached hydrogens (tertiary/aromatic N) is 1. The fourth-order valence-corrected chi connectivity index (χ4v) is 4.39. The number of benzene rings is 1. The lowest BCUT2D eigenvalue weighted by molar-refractivity contribution is -0.117. The van der Waals surface area contributed by atoms with E-state index in [0.29, 0.717) is 36.4 Å². The molecule has 12 heteroatoms. The molecule has 0 saturated carbocycles. The monoisotopic (exact) mass is 534 g/mol. The number of halogens is 2. The molecule has 10 nitrogen and oxygen atoms in total. The zero-order valence-corrected chi connectivity index (χ0v) is 21.0. The van der Waals surface area contributed by atoms with Crippen molar-refractivity contribution in [2.45, 2.75) is 18.5 Å². The number of anilines is 2. The first kappa shape index (κ1) is 25.6. The molecule has 1 aliphatic rings. The van der Waals surface area contributed by atoms with Crippen LogP contribution in [0, 0.1) is 0 Å². The number of methoxy groups -OCH3 is 2. The molecule has 3 N–H and O–H groups in total. The molecule has 190 valence electrons. The summed E-state index contributed by atoms with van der Waals surface area (Å²) >= 11 is 12.7. The molecule has 2 aromatic heterocycles. The molecule has 3 aromatic rings. The van der Waals surface area contributed by atoms with E-state index in [-0.39, 0.29) is 51.0 Å². The van der Waals surface area contributed by atoms with Crippen LogP contribution in [0.1, 0.15) is 17.0 Å². The van der Waals surface area contributed by atoms with Crippen molar-refractivity contribution >= 4 is 57.5 Å². The first-order valence-electron chi connectivity index (χ1n) is 10.9. The van der Waals surface area contributed by atoms with Crippen LogP contribution < -0.4 is 25.4 Å². The molecule has 3 heterocycles. The largest absolute Gasteiger partial charge is 0.495 e. The zero-order valence-electron chi connectivity index (χ0n) is 19.5. The van der Waals surface area contributed by atoms with Crippen molar-refractivity contribution in [1.29, 1.82) is 0 Å². The van der Waals surface area contributed by atoms with Crippen LogP contribution in [-0.4, -0.2) is 56.3 Å². The summed E-state index contributed by atoms with van der Waals surface area (Å²) < 4.78 is 21.7. The van der Waals surface area contributed by atoms with Gasteiger partial charge in [0.25, 0.3) is 5.91 Å². The number of aromatic nitrogens is 1. The van der Waals surface area contributed by atoms with Gasteiger partial charge in [0.15, 0.2) is 11.3 Å². The van der Waals surface area contributed by atoms with Gasteiger partial charge in [-0.15, -0.1) is 0 Å². The van der Waals surface area contributed by atoms with E-state index in [1.54, 1.807) is 12.1 Å². The van der Waals surface area contributed by atoms with Crippen LogP contribution in [0.15, 0.2) is 41.5 Å². The van der Waals surface area contributed by atoms with Crippen molar-refractivity contribution in [2.75, 3.05) is 38.1 Å². The minimum atomic E-state index is -0.576. The van der Waals surface area contributed by atoms with Gasteiger partial charge in [-0.05, 0) is 24.6 Å². The van der Waals surface area contributed by atoms with E-state index in [9.17, 15) is 9.59 Å². The molecule has 2 unspecified atom stereocenters. The maximum absolute atomic E-state index is 13.0. The highest BCUT2D eigenvalue weighted by molar-refractivity contribution is 6.41. The molecule has 0 bridgehead atoms. The summed E-state index contributed by atoms with van der Waals surface area (Å²) in [5.41, 5.74) is 0.535. The first-order chi connectivity index (χ1) is 17.3. The Hall–Kier alpha value is -3.47. The van der Waals surface area contributed by atoms with Crippen molar-refractivity contribution in [3.63, 3.8) is 0 Å². The Morgan fingerprint density at radius 1 is 1.14 bits per heavy atom. The van der Waals surface area contributed by atoms with Crippen molar-refractivity contribution in [3.8, 4) is 11.5 Å². The second-order valence-electron chi connectivity index (χ2n) is 7.89. The van der Waals surface area contributed by atoms with Gasteiger partial charge >= 0.3 is 0 Å². The maximum Gasteiger partial charge on any atom is 0.291 e. The number of ether oxygens (including phenoxy) is 3. The molecule has 1 fully saturated rings. The Bertz CT molecular complexity index is 1280. The van der Waals surface area contributed by atoms with E-state index in [2.05, 4.69) is 27.5 Å². The molecular weight excluding hydrogens is 511 g/mol. The Morgan fingerprint density at radius 2 is 1.86 bits per heavy atom. The average molecular weight is 535 g/mol. The van der Waals surface area contributed by atoms with E-state index in [1.807, 2.05) is 0 Å². The number of pyridine rings is 1. The number of fused-ring (bicyclic) bond motifs is 1. The first-order valence-corrected chi connectivity index (χ1v) is 11.7. The number of furan rings is 1. The normalized spacial score (nSPS) is 17.3.